The summed E-state index contributed by atoms with van der Waals surface area (Å²) in [6, 6.07) is 7.66. The zero-order chi connectivity index (χ0) is 14.4. The van der Waals surface area contributed by atoms with Crippen molar-refractivity contribution < 1.29 is 4.79 Å². The Bertz CT molecular complexity index is 424. The van der Waals surface area contributed by atoms with Crippen molar-refractivity contribution in [1.82, 2.24) is 9.80 Å². The third-order valence-electron chi connectivity index (χ3n) is 3.64. The maximum Gasteiger partial charge on any atom is 0.321 e. The first-order valence-electron chi connectivity index (χ1n) is 7.30. The van der Waals surface area contributed by atoms with E-state index in [4.69, 9.17) is 5.73 Å². The van der Waals surface area contributed by atoms with Crippen LogP contribution < -0.4 is 11.1 Å². The zero-order valence-corrected chi connectivity index (χ0v) is 12.1. The van der Waals surface area contributed by atoms with Crippen LogP contribution in [0.4, 0.5) is 10.5 Å². The molecule has 0 atom stereocenters. The Morgan fingerprint density at radius 2 is 1.85 bits per heavy atom. The molecular weight excluding hydrogens is 252 g/mol. The lowest BCUT2D eigenvalue weighted by Crippen LogP contribution is -2.50. The van der Waals surface area contributed by atoms with Crippen LogP contribution >= 0.6 is 0 Å². The van der Waals surface area contributed by atoms with E-state index in [2.05, 4.69) is 17.1 Å². The van der Waals surface area contributed by atoms with Gasteiger partial charge >= 0.3 is 6.03 Å². The van der Waals surface area contributed by atoms with Crippen molar-refractivity contribution in [3.63, 3.8) is 0 Å². The maximum absolute atomic E-state index is 12.2. The number of urea groups is 1. The Kier molecular flexibility index (Phi) is 5.38. The Hall–Kier alpha value is -1.59. The third-order valence-corrected chi connectivity index (χ3v) is 3.64. The molecule has 1 aromatic carbocycles. The van der Waals surface area contributed by atoms with Gasteiger partial charge in [0, 0.05) is 38.4 Å². The van der Waals surface area contributed by atoms with E-state index in [-0.39, 0.29) is 6.03 Å². The second-order valence-corrected chi connectivity index (χ2v) is 5.16. The summed E-state index contributed by atoms with van der Waals surface area (Å²) in [6.07, 6.45) is 1.17. The van der Waals surface area contributed by atoms with Crippen LogP contribution in [0.1, 0.15) is 18.9 Å². The molecule has 0 saturated carbocycles. The van der Waals surface area contributed by atoms with E-state index >= 15 is 0 Å². The van der Waals surface area contributed by atoms with Gasteiger partial charge in [0.05, 0.1) is 0 Å². The lowest BCUT2D eigenvalue weighted by Gasteiger charge is -2.34. The normalized spacial score (nSPS) is 16.2. The Labute approximate surface area is 120 Å². The highest BCUT2D eigenvalue weighted by molar-refractivity contribution is 5.89. The number of piperazine rings is 1. The number of hydrogen-bond acceptors (Lipinski definition) is 3. The van der Waals surface area contributed by atoms with E-state index in [0.29, 0.717) is 6.54 Å². The van der Waals surface area contributed by atoms with Crippen LogP contribution in [0.2, 0.25) is 0 Å². The number of nitrogens with zero attached hydrogens (tertiary/aromatic N) is 2. The largest absolute Gasteiger partial charge is 0.326 e. The van der Waals surface area contributed by atoms with Crippen LogP contribution in [0.15, 0.2) is 24.3 Å². The molecule has 1 saturated heterocycles. The van der Waals surface area contributed by atoms with E-state index in [9.17, 15) is 4.79 Å². The van der Waals surface area contributed by atoms with Crippen molar-refractivity contribution in [3.05, 3.63) is 29.8 Å². The molecule has 5 heteroatoms. The maximum atomic E-state index is 12.2. The summed E-state index contributed by atoms with van der Waals surface area (Å²) in [6.45, 7) is 7.36. The molecule has 0 spiro atoms. The number of benzene rings is 1. The molecular formula is C15H24N4O. The predicted molar refractivity (Wildman–Crippen MR) is 81.7 cm³/mol. The molecule has 2 rings (SSSR count). The molecule has 5 nitrogen and oxygen atoms in total. The summed E-state index contributed by atoms with van der Waals surface area (Å²) in [7, 11) is 0. The molecule has 0 aromatic heterocycles. The van der Waals surface area contributed by atoms with Crippen LogP contribution in [-0.2, 0) is 6.54 Å². The quantitative estimate of drug-likeness (QED) is 0.880. The molecule has 110 valence electrons. The molecule has 0 bridgehead atoms. The molecule has 1 heterocycles. The topological polar surface area (TPSA) is 61.6 Å². The van der Waals surface area contributed by atoms with Gasteiger partial charge in [-0.1, -0.05) is 19.1 Å². The number of anilines is 1. The van der Waals surface area contributed by atoms with E-state index in [1.165, 1.54) is 6.42 Å². The fourth-order valence-corrected chi connectivity index (χ4v) is 2.42. The van der Waals surface area contributed by atoms with Crippen molar-refractivity contribution in [2.75, 3.05) is 38.0 Å². The number of nitrogens with one attached hydrogen (secondary N) is 1. The minimum absolute atomic E-state index is 0.0124. The highest BCUT2D eigenvalue weighted by Crippen LogP contribution is 2.11. The smallest absolute Gasteiger partial charge is 0.321 e. The van der Waals surface area contributed by atoms with Gasteiger partial charge in [-0.15, -0.1) is 0 Å². The van der Waals surface area contributed by atoms with Crippen molar-refractivity contribution >= 4 is 11.7 Å². The average molecular weight is 276 g/mol. The van der Waals surface area contributed by atoms with Crippen LogP contribution in [-0.4, -0.2) is 48.6 Å². The van der Waals surface area contributed by atoms with E-state index < -0.39 is 0 Å². The van der Waals surface area contributed by atoms with Gasteiger partial charge in [-0.3, -0.25) is 4.90 Å². The van der Waals surface area contributed by atoms with Crippen LogP contribution in [0, 0.1) is 0 Å². The lowest BCUT2D eigenvalue weighted by molar-refractivity contribution is 0.147. The van der Waals surface area contributed by atoms with Crippen molar-refractivity contribution in [2.24, 2.45) is 5.73 Å². The summed E-state index contributed by atoms with van der Waals surface area (Å²) in [5.41, 5.74) is 7.44. The predicted octanol–water partition coefficient (Wildman–Crippen LogP) is 1.70. The van der Waals surface area contributed by atoms with E-state index in [0.717, 1.165) is 44.0 Å². The molecule has 2 amide bonds. The molecule has 1 aliphatic heterocycles. The minimum Gasteiger partial charge on any atom is -0.326 e. The lowest BCUT2D eigenvalue weighted by atomic mass is 10.2. The van der Waals surface area contributed by atoms with Crippen LogP contribution in [0.25, 0.3) is 0 Å². The summed E-state index contributed by atoms with van der Waals surface area (Å²) in [5.74, 6) is 0. The van der Waals surface area contributed by atoms with Gasteiger partial charge in [-0.25, -0.2) is 4.79 Å². The molecule has 0 radical (unpaired) electrons. The highest BCUT2D eigenvalue weighted by atomic mass is 16.2. The molecule has 20 heavy (non-hydrogen) atoms. The van der Waals surface area contributed by atoms with Gasteiger partial charge in [0.15, 0.2) is 0 Å². The third kappa shape index (κ3) is 3.95. The molecule has 1 aliphatic rings. The van der Waals surface area contributed by atoms with Gasteiger partial charge in [0.1, 0.15) is 0 Å². The van der Waals surface area contributed by atoms with Gasteiger partial charge in [0.2, 0.25) is 0 Å². The molecule has 1 fully saturated rings. The van der Waals surface area contributed by atoms with Crippen LogP contribution in [0.3, 0.4) is 0 Å². The van der Waals surface area contributed by atoms with Gasteiger partial charge in [-0.05, 0) is 30.7 Å². The molecule has 0 aliphatic carbocycles. The van der Waals surface area contributed by atoms with E-state index in [1.807, 2.05) is 29.2 Å². The van der Waals surface area contributed by atoms with Crippen LogP contribution in [0.5, 0.6) is 0 Å². The number of amides is 2. The first kappa shape index (κ1) is 14.8. The molecule has 1 aromatic rings. The SMILES string of the molecule is CCCN1CCN(C(=O)Nc2ccc(CN)cc2)CC1. The Morgan fingerprint density at radius 1 is 1.20 bits per heavy atom. The average Bonchev–Trinajstić information content (AvgIpc) is 2.49. The minimum atomic E-state index is -0.0124. The Balaban J connectivity index is 1.83. The fraction of sp³-hybridized carbons (Fsp3) is 0.533. The fourth-order valence-electron chi connectivity index (χ4n) is 2.42. The van der Waals surface area contributed by atoms with Crippen molar-refractivity contribution in [1.29, 1.82) is 0 Å². The summed E-state index contributed by atoms with van der Waals surface area (Å²) in [5, 5.41) is 2.94. The van der Waals surface area contributed by atoms with Gasteiger partial charge < -0.3 is 16.0 Å². The van der Waals surface area contributed by atoms with E-state index in [1.54, 1.807) is 0 Å². The zero-order valence-electron chi connectivity index (χ0n) is 12.1. The van der Waals surface area contributed by atoms with Gasteiger partial charge in [0.25, 0.3) is 0 Å². The summed E-state index contributed by atoms with van der Waals surface area (Å²) >= 11 is 0. The number of carbonyl (C=O) groups excluding carboxylic acids is 1. The standard InChI is InChI=1S/C15H24N4O/c1-2-7-18-8-10-19(11-9-18)15(20)17-14-5-3-13(12-16)4-6-14/h3-6H,2,7-12,16H2,1H3,(H,17,20). The number of carbonyl (C=O) groups is 1. The number of rotatable bonds is 4. The van der Waals surface area contributed by atoms with Crippen molar-refractivity contribution in [2.45, 2.75) is 19.9 Å². The van der Waals surface area contributed by atoms with Crippen molar-refractivity contribution in [3.8, 4) is 0 Å². The summed E-state index contributed by atoms with van der Waals surface area (Å²) in [4.78, 5) is 16.4. The second-order valence-electron chi connectivity index (χ2n) is 5.16. The Morgan fingerprint density at radius 3 is 2.40 bits per heavy atom. The second kappa shape index (κ2) is 7.26. The first-order valence-corrected chi connectivity index (χ1v) is 7.30. The van der Waals surface area contributed by atoms with Gasteiger partial charge in [-0.2, -0.15) is 0 Å². The molecule has 3 N–H and O–H groups in total. The number of nitrogens with two attached hydrogens (primary N) is 1. The number of hydrogen-bond donors (Lipinski definition) is 2. The highest BCUT2D eigenvalue weighted by Gasteiger charge is 2.20. The summed E-state index contributed by atoms with van der Waals surface area (Å²) < 4.78 is 0. The first-order chi connectivity index (χ1) is 9.72. The molecule has 0 unspecified atom stereocenters. The monoisotopic (exact) mass is 276 g/mol.